The summed E-state index contributed by atoms with van der Waals surface area (Å²) in [7, 11) is 0. The van der Waals surface area contributed by atoms with Crippen LogP contribution in [0.15, 0.2) is 29.4 Å². The number of rotatable bonds is 6. The number of guanidine groups is 1. The van der Waals surface area contributed by atoms with Crippen LogP contribution in [0.1, 0.15) is 33.4 Å². The number of pyridine rings is 1. The zero-order chi connectivity index (χ0) is 16.4. The Morgan fingerprint density at radius 2 is 1.91 bits per heavy atom. The Morgan fingerprint density at radius 1 is 1.18 bits per heavy atom. The molecule has 0 atom stereocenters. The smallest absolute Gasteiger partial charge is 0.225 e. The van der Waals surface area contributed by atoms with Crippen molar-refractivity contribution >= 4 is 11.9 Å². The molecule has 3 N–H and O–H groups in total. The van der Waals surface area contributed by atoms with Gasteiger partial charge in [0, 0.05) is 31.2 Å². The molecule has 0 spiro atoms. The van der Waals surface area contributed by atoms with Crippen LogP contribution in [0.25, 0.3) is 0 Å². The Balaban J connectivity index is 2.39. The van der Waals surface area contributed by atoms with Gasteiger partial charge in [0.1, 0.15) is 0 Å². The number of aliphatic imine (C=N–C) groups is 1. The van der Waals surface area contributed by atoms with Gasteiger partial charge >= 0.3 is 0 Å². The number of aromatic nitrogens is 1. The molecule has 1 rings (SSSR count). The van der Waals surface area contributed by atoms with Gasteiger partial charge in [-0.15, -0.1) is 0 Å². The third-order valence-corrected chi connectivity index (χ3v) is 2.85. The highest BCUT2D eigenvalue weighted by Crippen LogP contribution is 2.11. The van der Waals surface area contributed by atoms with Crippen molar-refractivity contribution in [2.45, 2.75) is 34.2 Å². The zero-order valence-electron chi connectivity index (χ0n) is 13.9. The molecular formula is C16H27N5O. The average molecular weight is 305 g/mol. The third kappa shape index (κ3) is 7.06. The second-order valence-corrected chi connectivity index (χ2v) is 5.95. The van der Waals surface area contributed by atoms with Crippen LogP contribution < -0.4 is 16.0 Å². The van der Waals surface area contributed by atoms with Crippen LogP contribution in [0.2, 0.25) is 0 Å². The molecule has 1 aromatic rings. The minimum Gasteiger partial charge on any atom is -0.357 e. The molecule has 0 radical (unpaired) electrons. The van der Waals surface area contributed by atoms with E-state index >= 15 is 0 Å². The first-order valence-corrected chi connectivity index (χ1v) is 7.64. The molecule has 6 heteroatoms. The summed E-state index contributed by atoms with van der Waals surface area (Å²) in [6, 6.07) is 5.77. The fourth-order valence-electron chi connectivity index (χ4n) is 1.62. The first-order valence-electron chi connectivity index (χ1n) is 7.64. The van der Waals surface area contributed by atoms with Gasteiger partial charge in [0.25, 0.3) is 0 Å². The van der Waals surface area contributed by atoms with E-state index in [0.29, 0.717) is 19.6 Å². The molecule has 0 aliphatic rings. The number of hydrogen-bond acceptors (Lipinski definition) is 3. The van der Waals surface area contributed by atoms with Crippen LogP contribution in [-0.4, -0.2) is 36.5 Å². The van der Waals surface area contributed by atoms with Crippen LogP contribution in [0.4, 0.5) is 0 Å². The van der Waals surface area contributed by atoms with Crippen molar-refractivity contribution in [2.75, 3.05) is 19.6 Å². The molecule has 0 fully saturated rings. The van der Waals surface area contributed by atoms with E-state index in [1.165, 1.54) is 0 Å². The molecule has 0 saturated heterocycles. The predicted octanol–water partition coefficient (Wildman–Crippen LogP) is 1.30. The van der Waals surface area contributed by atoms with Crippen molar-refractivity contribution in [1.82, 2.24) is 20.9 Å². The minimum absolute atomic E-state index is 0.0460. The highest BCUT2D eigenvalue weighted by atomic mass is 16.2. The van der Waals surface area contributed by atoms with Gasteiger partial charge in [-0.05, 0) is 19.1 Å². The highest BCUT2D eigenvalue weighted by molar-refractivity contribution is 5.81. The van der Waals surface area contributed by atoms with Crippen LogP contribution in [0.5, 0.6) is 0 Å². The predicted molar refractivity (Wildman–Crippen MR) is 89.5 cm³/mol. The van der Waals surface area contributed by atoms with Gasteiger partial charge in [-0.1, -0.05) is 26.8 Å². The molecule has 122 valence electrons. The summed E-state index contributed by atoms with van der Waals surface area (Å²) in [5.74, 6) is 0.767. The van der Waals surface area contributed by atoms with E-state index in [2.05, 4.69) is 25.9 Å². The first kappa shape index (κ1) is 17.9. The van der Waals surface area contributed by atoms with Crippen LogP contribution in [-0.2, 0) is 11.3 Å². The Labute approximate surface area is 132 Å². The summed E-state index contributed by atoms with van der Waals surface area (Å²) >= 11 is 0. The van der Waals surface area contributed by atoms with E-state index in [1.807, 2.05) is 45.9 Å². The molecule has 6 nitrogen and oxygen atoms in total. The lowest BCUT2D eigenvalue weighted by molar-refractivity contribution is -0.128. The fourth-order valence-corrected chi connectivity index (χ4v) is 1.62. The van der Waals surface area contributed by atoms with Gasteiger partial charge in [0.05, 0.1) is 12.2 Å². The lowest BCUT2D eigenvalue weighted by Crippen LogP contribution is -2.43. The standard InChI is InChI=1S/C16H27N5O/c1-5-17-15(21-12-13-8-6-7-9-18-13)20-11-10-19-14(22)16(2,3)4/h6-9H,5,10-12H2,1-4H3,(H,19,22)(H2,17,20,21). The van der Waals surface area contributed by atoms with Crippen molar-refractivity contribution in [3.05, 3.63) is 30.1 Å². The lowest BCUT2D eigenvalue weighted by Gasteiger charge is -2.18. The Hall–Kier alpha value is -2.11. The summed E-state index contributed by atoms with van der Waals surface area (Å²) in [6.45, 7) is 10.2. The van der Waals surface area contributed by atoms with E-state index in [4.69, 9.17) is 0 Å². The second-order valence-electron chi connectivity index (χ2n) is 5.95. The molecule has 22 heavy (non-hydrogen) atoms. The molecule has 0 saturated carbocycles. The van der Waals surface area contributed by atoms with Crippen molar-refractivity contribution < 1.29 is 4.79 Å². The summed E-state index contributed by atoms with van der Waals surface area (Å²) in [6.07, 6.45) is 1.76. The van der Waals surface area contributed by atoms with Crippen molar-refractivity contribution in [2.24, 2.45) is 10.4 Å². The summed E-state index contributed by atoms with van der Waals surface area (Å²) < 4.78 is 0. The first-order chi connectivity index (χ1) is 10.4. The van der Waals surface area contributed by atoms with Gasteiger partial charge in [0.15, 0.2) is 5.96 Å². The minimum atomic E-state index is -0.364. The number of hydrogen-bond donors (Lipinski definition) is 3. The molecule has 1 amide bonds. The topological polar surface area (TPSA) is 78.4 Å². The largest absolute Gasteiger partial charge is 0.357 e. The van der Waals surface area contributed by atoms with Crippen LogP contribution >= 0.6 is 0 Å². The van der Waals surface area contributed by atoms with E-state index in [1.54, 1.807) is 6.20 Å². The number of amides is 1. The maximum absolute atomic E-state index is 11.8. The number of carbonyl (C=O) groups is 1. The van der Waals surface area contributed by atoms with Gasteiger partial charge in [-0.2, -0.15) is 0 Å². The summed E-state index contributed by atoms with van der Waals surface area (Å²) in [5.41, 5.74) is 0.554. The monoisotopic (exact) mass is 305 g/mol. The van der Waals surface area contributed by atoms with Gasteiger partial charge < -0.3 is 16.0 Å². The molecule has 0 aromatic carbocycles. The van der Waals surface area contributed by atoms with Gasteiger partial charge in [-0.25, -0.2) is 4.99 Å². The maximum Gasteiger partial charge on any atom is 0.225 e. The van der Waals surface area contributed by atoms with Crippen molar-refractivity contribution in [1.29, 1.82) is 0 Å². The average Bonchev–Trinajstić information content (AvgIpc) is 2.48. The zero-order valence-corrected chi connectivity index (χ0v) is 13.9. The Bertz CT molecular complexity index is 479. The van der Waals surface area contributed by atoms with E-state index in [9.17, 15) is 4.79 Å². The highest BCUT2D eigenvalue weighted by Gasteiger charge is 2.20. The van der Waals surface area contributed by atoms with Crippen LogP contribution in [0.3, 0.4) is 0 Å². The molecule has 0 aliphatic carbocycles. The van der Waals surface area contributed by atoms with E-state index in [0.717, 1.165) is 18.2 Å². The van der Waals surface area contributed by atoms with Gasteiger partial charge in [-0.3, -0.25) is 9.78 Å². The van der Waals surface area contributed by atoms with E-state index < -0.39 is 0 Å². The normalized spacial score (nSPS) is 11.9. The Morgan fingerprint density at radius 3 is 2.50 bits per heavy atom. The second kappa shape index (κ2) is 9.02. The Kier molecular flexibility index (Phi) is 7.36. The molecule has 0 unspecified atom stereocenters. The molecule has 0 bridgehead atoms. The number of nitrogens with zero attached hydrogens (tertiary/aromatic N) is 2. The molecule has 0 aliphatic heterocycles. The molecule has 1 aromatic heterocycles. The number of nitrogens with one attached hydrogen (secondary N) is 3. The SMILES string of the molecule is CCNC(=NCc1ccccn1)NCCNC(=O)C(C)(C)C. The fraction of sp³-hybridized carbons (Fsp3) is 0.562. The van der Waals surface area contributed by atoms with Crippen molar-refractivity contribution in [3.8, 4) is 0 Å². The number of carbonyl (C=O) groups excluding carboxylic acids is 1. The van der Waals surface area contributed by atoms with Gasteiger partial charge in [0.2, 0.25) is 5.91 Å². The van der Waals surface area contributed by atoms with Crippen molar-refractivity contribution in [3.63, 3.8) is 0 Å². The maximum atomic E-state index is 11.8. The lowest BCUT2D eigenvalue weighted by atomic mass is 9.96. The van der Waals surface area contributed by atoms with Crippen LogP contribution in [0, 0.1) is 5.41 Å². The summed E-state index contributed by atoms with van der Waals surface area (Å²) in [4.78, 5) is 20.5. The third-order valence-electron chi connectivity index (χ3n) is 2.85. The molecule has 1 heterocycles. The van der Waals surface area contributed by atoms with E-state index in [-0.39, 0.29) is 11.3 Å². The molecular weight excluding hydrogens is 278 g/mol. The quantitative estimate of drug-likeness (QED) is 0.420. The summed E-state index contributed by atoms with van der Waals surface area (Å²) in [5, 5.41) is 9.26.